The minimum Gasteiger partial charge on any atom is -0.395 e. The average Bonchev–Trinajstić information content (AvgIpc) is 2.44. The van der Waals surface area contributed by atoms with Crippen LogP contribution in [0.3, 0.4) is 0 Å². The van der Waals surface area contributed by atoms with E-state index in [1.54, 1.807) is 0 Å². The molecule has 2 heteroatoms. The number of hydrogen-bond acceptors (Lipinski definition) is 2. The van der Waals surface area contributed by atoms with Crippen molar-refractivity contribution in [1.29, 1.82) is 0 Å². The summed E-state index contributed by atoms with van der Waals surface area (Å²) in [7, 11) is 0. The van der Waals surface area contributed by atoms with E-state index in [4.69, 9.17) is 5.11 Å². The molecule has 1 aromatic carbocycles. The van der Waals surface area contributed by atoms with Gasteiger partial charge in [-0.2, -0.15) is 0 Å². The van der Waals surface area contributed by atoms with Gasteiger partial charge in [-0.3, -0.25) is 4.90 Å². The first-order valence-corrected chi connectivity index (χ1v) is 7.61. The third-order valence-corrected chi connectivity index (χ3v) is 4.09. The molecular formula is C18H25NO. The van der Waals surface area contributed by atoms with Crippen molar-refractivity contribution in [2.75, 3.05) is 13.2 Å². The van der Waals surface area contributed by atoms with Crippen LogP contribution < -0.4 is 0 Å². The van der Waals surface area contributed by atoms with Crippen molar-refractivity contribution in [2.24, 2.45) is 5.92 Å². The quantitative estimate of drug-likeness (QED) is 0.854. The van der Waals surface area contributed by atoms with Crippen molar-refractivity contribution in [3.63, 3.8) is 0 Å². The second-order valence-electron chi connectivity index (χ2n) is 5.92. The highest BCUT2D eigenvalue weighted by molar-refractivity contribution is 5.36. The first-order valence-electron chi connectivity index (χ1n) is 7.61. The smallest absolute Gasteiger partial charge is 0.0540 e. The molecule has 0 aliphatic carbocycles. The third kappa shape index (κ3) is 4.37. The molecular weight excluding hydrogens is 246 g/mol. The molecule has 20 heavy (non-hydrogen) atoms. The Hall–Kier alpha value is -1.30. The molecule has 0 saturated carbocycles. The molecule has 1 fully saturated rings. The van der Waals surface area contributed by atoms with Crippen molar-refractivity contribution in [1.82, 2.24) is 4.90 Å². The van der Waals surface area contributed by atoms with Crippen molar-refractivity contribution in [3.8, 4) is 11.8 Å². The second-order valence-corrected chi connectivity index (χ2v) is 5.92. The Bertz CT molecular complexity index is 468. The van der Waals surface area contributed by atoms with E-state index in [9.17, 15) is 0 Å². The Kier molecular flexibility index (Phi) is 5.64. The Morgan fingerprint density at radius 2 is 2.00 bits per heavy atom. The molecule has 2 atom stereocenters. The molecule has 0 aromatic heterocycles. The second kappa shape index (κ2) is 7.47. The molecule has 1 heterocycles. The minimum absolute atomic E-state index is 0.135. The highest BCUT2D eigenvalue weighted by Gasteiger charge is 2.22. The summed E-state index contributed by atoms with van der Waals surface area (Å²) in [4.78, 5) is 2.58. The van der Waals surface area contributed by atoms with Crippen molar-refractivity contribution in [2.45, 2.75) is 45.7 Å². The van der Waals surface area contributed by atoms with Crippen LogP contribution >= 0.6 is 0 Å². The molecule has 1 aliphatic rings. The first kappa shape index (κ1) is 15.1. The van der Waals surface area contributed by atoms with E-state index in [1.165, 1.54) is 24.9 Å². The van der Waals surface area contributed by atoms with Gasteiger partial charge in [0, 0.05) is 24.6 Å². The summed E-state index contributed by atoms with van der Waals surface area (Å²) >= 11 is 0. The molecule has 2 rings (SSSR count). The van der Waals surface area contributed by atoms with Gasteiger partial charge in [0.2, 0.25) is 0 Å². The van der Waals surface area contributed by atoms with Crippen LogP contribution in [0.1, 0.15) is 44.2 Å². The van der Waals surface area contributed by atoms with Crippen molar-refractivity contribution < 1.29 is 5.11 Å². The standard InChI is InChI=1S/C18H25NO/c1-15-10-11-19(16(2)13-15)14-18-8-6-17(7-9-18)5-3-4-12-20/h6-9,15-16,20H,4,10-14H2,1-2H3. The largest absolute Gasteiger partial charge is 0.395 e. The highest BCUT2D eigenvalue weighted by Crippen LogP contribution is 2.23. The fourth-order valence-corrected chi connectivity index (χ4v) is 2.84. The number of benzene rings is 1. The minimum atomic E-state index is 0.135. The van der Waals surface area contributed by atoms with E-state index in [1.807, 2.05) is 0 Å². The molecule has 1 aliphatic heterocycles. The van der Waals surface area contributed by atoms with Crippen LogP contribution in [0.4, 0.5) is 0 Å². The Labute approximate surface area is 122 Å². The predicted molar refractivity (Wildman–Crippen MR) is 83.3 cm³/mol. The van der Waals surface area contributed by atoms with Crippen LogP contribution in [-0.2, 0) is 6.54 Å². The number of likely N-dealkylation sites (tertiary alicyclic amines) is 1. The Morgan fingerprint density at radius 3 is 2.65 bits per heavy atom. The topological polar surface area (TPSA) is 23.5 Å². The van der Waals surface area contributed by atoms with Gasteiger partial charge in [0.1, 0.15) is 0 Å². The number of nitrogens with zero attached hydrogens (tertiary/aromatic N) is 1. The van der Waals surface area contributed by atoms with Crippen molar-refractivity contribution in [3.05, 3.63) is 35.4 Å². The first-order chi connectivity index (χ1) is 9.69. The van der Waals surface area contributed by atoms with Crippen LogP contribution in [-0.4, -0.2) is 29.2 Å². The monoisotopic (exact) mass is 271 g/mol. The summed E-state index contributed by atoms with van der Waals surface area (Å²) in [6.07, 6.45) is 3.17. The van der Waals surface area contributed by atoms with Gasteiger partial charge in [-0.15, -0.1) is 0 Å². The number of aliphatic hydroxyl groups excluding tert-OH is 1. The van der Waals surface area contributed by atoms with Crippen LogP contribution in [0.2, 0.25) is 0 Å². The van der Waals surface area contributed by atoms with Gasteiger partial charge in [0.25, 0.3) is 0 Å². The zero-order valence-corrected chi connectivity index (χ0v) is 12.6. The number of rotatable bonds is 3. The van der Waals surface area contributed by atoms with Gasteiger partial charge in [-0.05, 0) is 49.9 Å². The van der Waals surface area contributed by atoms with Crippen LogP contribution in [0.5, 0.6) is 0 Å². The van der Waals surface area contributed by atoms with Crippen molar-refractivity contribution >= 4 is 0 Å². The number of aliphatic hydroxyl groups is 1. The molecule has 0 spiro atoms. The lowest BCUT2D eigenvalue weighted by Crippen LogP contribution is -2.39. The summed E-state index contributed by atoms with van der Waals surface area (Å²) < 4.78 is 0. The zero-order chi connectivity index (χ0) is 14.4. The molecule has 1 N–H and O–H groups in total. The summed E-state index contributed by atoms with van der Waals surface area (Å²) in [6, 6.07) is 9.19. The predicted octanol–water partition coefficient (Wildman–Crippen LogP) is 3.04. The average molecular weight is 271 g/mol. The van der Waals surface area contributed by atoms with Crippen LogP contribution in [0.15, 0.2) is 24.3 Å². The molecule has 0 bridgehead atoms. The number of piperidine rings is 1. The molecule has 0 radical (unpaired) electrons. The Morgan fingerprint density at radius 1 is 1.25 bits per heavy atom. The van der Waals surface area contributed by atoms with E-state index in [-0.39, 0.29) is 6.61 Å². The molecule has 0 amide bonds. The zero-order valence-electron chi connectivity index (χ0n) is 12.6. The summed E-state index contributed by atoms with van der Waals surface area (Å²) in [5, 5.41) is 8.71. The van der Waals surface area contributed by atoms with E-state index in [2.05, 4.69) is 54.9 Å². The van der Waals surface area contributed by atoms with Gasteiger partial charge in [-0.25, -0.2) is 0 Å². The lowest BCUT2D eigenvalue weighted by molar-refractivity contribution is 0.122. The van der Waals surface area contributed by atoms with E-state index >= 15 is 0 Å². The summed E-state index contributed by atoms with van der Waals surface area (Å²) in [5.74, 6) is 6.89. The fourth-order valence-electron chi connectivity index (χ4n) is 2.84. The molecule has 2 unspecified atom stereocenters. The molecule has 2 nitrogen and oxygen atoms in total. The Balaban J connectivity index is 1.92. The SMILES string of the molecule is CC1CCN(Cc2ccc(C#CCCO)cc2)C(C)C1. The van der Waals surface area contributed by atoms with E-state index < -0.39 is 0 Å². The van der Waals surface area contributed by atoms with Gasteiger partial charge in [0.15, 0.2) is 0 Å². The van der Waals surface area contributed by atoms with E-state index in [0.29, 0.717) is 12.5 Å². The molecule has 1 saturated heterocycles. The third-order valence-electron chi connectivity index (χ3n) is 4.09. The van der Waals surface area contributed by atoms with E-state index in [0.717, 1.165) is 18.0 Å². The maximum atomic E-state index is 8.71. The van der Waals surface area contributed by atoms with Gasteiger partial charge in [-0.1, -0.05) is 30.9 Å². The van der Waals surface area contributed by atoms with Gasteiger partial charge < -0.3 is 5.11 Å². The maximum Gasteiger partial charge on any atom is 0.0540 e. The lowest BCUT2D eigenvalue weighted by Gasteiger charge is -2.36. The maximum absolute atomic E-state index is 8.71. The summed E-state index contributed by atoms with van der Waals surface area (Å²) in [5.41, 5.74) is 2.39. The molecule has 108 valence electrons. The normalized spacial score (nSPS) is 23.1. The number of hydrogen-bond donors (Lipinski definition) is 1. The summed E-state index contributed by atoms with van der Waals surface area (Å²) in [6.45, 7) is 7.08. The van der Waals surface area contributed by atoms with Crippen LogP contribution in [0.25, 0.3) is 0 Å². The molecule has 1 aromatic rings. The van der Waals surface area contributed by atoms with Gasteiger partial charge in [0.05, 0.1) is 6.61 Å². The van der Waals surface area contributed by atoms with Crippen LogP contribution in [0, 0.1) is 17.8 Å². The highest BCUT2D eigenvalue weighted by atomic mass is 16.2. The lowest BCUT2D eigenvalue weighted by atomic mass is 9.93. The fraction of sp³-hybridized carbons (Fsp3) is 0.556. The van der Waals surface area contributed by atoms with Gasteiger partial charge >= 0.3 is 0 Å².